The minimum absolute atomic E-state index is 0.0335. The van der Waals surface area contributed by atoms with Crippen LogP contribution in [0.1, 0.15) is 25.3 Å². The first kappa shape index (κ1) is 17.2. The number of aryl methyl sites for hydroxylation is 2. The SMILES string of the molecule is CC(=O)N1CCC[C@@H](C(=O)Nc2cnn(CCc3ccccc3)c2)C1. The van der Waals surface area contributed by atoms with Crippen LogP contribution >= 0.6 is 0 Å². The summed E-state index contributed by atoms with van der Waals surface area (Å²) >= 11 is 0. The summed E-state index contributed by atoms with van der Waals surface area (Å²) in [6.07, 6.45) is 6.11. The van der Waals surface area contributed by atoms with E-state index in [2.05, 4.69) is 22.5 Å². The van der Waals surface area contributed by atoms with Gasteiger partial charge in [0.1, 0.15) is 0 Å². The molecule has 1 atom stereocenters. The molecule has 2 heterocycles. The number of likely N-dealkylation sites (tertiary alicyclic amines) is 1. The highest BCUT2D eigenvalue weighted by atomic mass is 16.2. The second-order valence-electron chi connectivity index (χ2n) is 6.52. The minimum Gasteiger partial charge on any atom is -0.342 e. The predicted molar refractivity (Wildman–Crippen MR) is 96.0 cm³/mol. The molecule has 6 nitrogen and oxygen atoms in total. The second kappa shape index (κ2) is 7.96. The Morgan fingerprint density at radius 3 is 2.84 bits per heavy atom. The largest absolute Gasteiger partial charge is 0.342 e. The van der Waals surface area contributed by atoms with E-state index in [4.69, 9.17) is 0 Å². The van der Waals surface area contributed by atoms with Gasteiger partial charge in [-0.25, -0.2) is 0 Å². The smallest absolute Gasteiger partial charge is 0.229 e. The molecule has 1 N–H and O–H groups in total. The molecular weight excluding hydrogens is 316 g/mol. The lowest BCUT2D eigenvalue weighted by molar-refractivity contribution is -0.132. The highest BCUT2D eigenvalue weighted by Gasteiger charge is 2.27. The Labute approximate surface area is 147 Å². The fourth-order valence-corrected chi connectivity index (χ4v) is 3.16. The maximum absolute atomic E-state index is 12.4. The molecule has 1 aliphatic rings. The summed E-state index contributed by atoms with van der Waals surface area (Å²) in [5, 5.41) is 7.24. The van der Waals surface area contributed by atoms with Gasteiger partial charge in [-0.2, -0.15) is 5.10 Å². The fraction of sp³-hybridized carbons (Fsp3) is 0.421. The molecule has 0 bridgehead atoms. The molecule has 1 aliphatic heterocycles. The van der Waals surface area contributed by atoms with Gasteiger partial charge in [-0.3, -0.25) is 14.3 Å². The van der Waals surface area contributed by atoms with Crippen molar-refractivity contribution < 1.29 is 9.59 Å². The van der Waals surface area contributed by atoms with Crippen molar-refractivity contribution in [2.24, 2.45) is 5.92 Å². The molecule has 25 heavy (non-hydrogen) atoms. The quantitative estimate of drug-likeness (QED) is 0.908. The number of hydrogen-bond acceptors (Lipinski definition) is 3. The van der Waals surface area contributed by atoms with Gasteiger partial charge in [-0.1, -0.05) is 30.3 Å². The number of hydrogen-bond donors (Lipinski definition) is 1. The van der Waals surface area contributed by atoms with E-state index in [9.17, 15) is 9.59 Å². The number of anilines is 1. The van der Waals surface area contributed by atoms with Gasteiger partial charge in [-0.15, -0.1) is 0 Å². The highest BCUT2D eigenvalue weighted by Crippen LogP contribution is 2.19. The van der Waals surface area contributed by atoms with Gasteiger partial charge in [0.2, 0.25) is 11.8 Å². The van der Waals surface area contributed by atoms with E-state index in [1.807, 2.05) is 29.1 Å². The van der Waals surface area contributed by atoms with Gasteiger partial charge < -0.3 is 10.2 Å². The van der Waals surface area contributed by atoms with Crippen molar-refractivity contribution in [3.05, 3.63) is 48.3 Å². The molecule has 1 fully saturated rings. The van der Waals surface area contributed by atoms with Crippen LogP contribution in [0.5, 0.6) is 0 Å². The molecule has 0 unspecified atom stereocenters. The van der Waals surface area contributed by atoms with E-state index in [1.165, 1.54) is 5.56 Å². The van der Waals surface area contributed by atoms with E-state index >= 15 is 0 Å². The van der Waals surface area contributed by atoms with Gasteiger partial charge in [0, 0.05) is 32.8 Å². The molecular formula is C19H24N4O2. The number of nitrogens with one attached hydrogen (secondary N) is 1. The maximum Gasteiger partial charge on any atom is 0.229 e. The average molecular weight is 340 g/mol. The molecule has 6 heteroatoms. The Bertz CT molecular complexity index is 726. The number of benzene rings is 1. The summed E-state index contributed by atoms with van der Waals surface area (Å²) in [6, 6.07) is 10.2. The Morgan fingerprint density at radius 1 is 1.28 bits per heavy atom. The van der Waals surface area contributed by atoms with Crippen molar-refractivity contribution in [2.45, 2.75) is 32.7 Å². The zero-order valence-electron chi connectivity index (χ0n) is 14.5. The summed E-state index contributed by atoms with van der Waals surface area (Å²) in [6.45, 7) is 3.57. The Kier molecular flexibility index (Phi) is 5.48. The van der Waals surface area contributed by atoms with Crippen molar-refractivity contribution in [3.8, 4) is 0 Å². The van der Waals surface area contributed by atoms with Gasteiger partial charge in [0.05, 0.1) is 17.8 Å². The molecule has 2 amide bonds. The monoisotopic (exact) mass is 340 g/mol. The molecule has 132 valence electrons. The predicted octanol–water partition coefficient (Wildman–Crippen LogP) is 2.32. The molecule has 0 radical (unpaired) electrons. The van der Waals surface area contributed by atoms with Gasteiger partial charge in [0.25, 0.3) is 0 Å². The van der Waals surface area contributed by atoms with Crippen LogP contribution in [0.3, 0.4) is 0 Å². The number of aromatic nitrogens is 2. The van der Waals surface area contributed by atoms with Crippen LogP contribution in [0, 0.1) is 5.92 Å². The number of carbonyl (C=O) groups is 2. The van der Waals surface area contributed by atoms with Crippen molar-refractivity contribution in [3.63, 3.8) is 0 Å². The van der Waals surface area contributed by atoms with Crippen LogP contribution < -0.4 is 5.32 Å². The van der Waals surface area contributed by atoms with Gasteiger partial charge >= 0.3 is 0 Å². The zero-order valence-corrected chi connectivity index (χ0v) is 14.5. The van der Waals surface area contributed by atoms with Crippen molar-refractivity contribution >= 4 is 17.5 Å². The Morgan fingerprint density at radius 2 is 2.08 bits per heavy atom. The normalized spacial score (nSPS) is 17.3. The number of nitrogens with zero attached hydrogens (tertiary/aromatic N) is 3. The van der Waals surface area contributed by atoms with Gasteiger partial charge in [-0.05, 0) is 24.8 Å². The molecule has 1 aromatic carbocycles. The van der Waals surface area contributed by atoms with Crippen LogP contribution in [0.15, 0.2) is 42.7 Å². The third-order valence-electron chi connectivity index (χ3n) is 4.61. The zero-order chi connectivity index (χ0) is 17.6. The molecule has 1 aromatic heterocycles. The fourth-order valence-electron chi connectivity index (χ4n) is 3.16. The first-order valence-electron chi connectivity index (χ1n) is 8.74. The van der Waals surface area contributed by atoms with E-state index in [0.717, 1.165) is 32.4 Å². The van der Waals surface area contributed by atoms with E-state index in [1.54, 1.807) is 18.0 Å². The van der Waals surface area contributed by atoms with Crippen LogP contribution in [0.2, 0.25) is 0 Å². The topological polar surface area (TPSA) is 67.2 Å². The summed E-state index contributed by atoms with van der Waals surface area (Å²) in [5.74, 6) is -0.148. The molecule has 0 aliphatic carbocycles. The van der Waals surface area contributed by atoms with E-state index in [0.29, 0.717) is 12.2 Å². The molecule has 1 saturated heterocycles. The molecule has 3 rings (SSSR count). The lowest BCUT2D eigenvalue weighted by Gasteiger charge is -2.31. The summed E-state index contributed by atoms with van der Waals surface area (Å²) in [4.78, 5) is 25.7. The first-order chi connectivity index (χ1) is 12.1. The first-order valence-corrected chi connectivity index (χ1v) is 8.74. The van der Waals surface area contributed by atoms with Crippen LogP contribution in [0.4, 0.5) is 5.69 Å². The molecule has 0 saturated carbocycles. The summed E-state index contributed by atoms with van der Waals surface area (Å²) in [7, 11) is 0. The molecule has 2 aromatic rings. The second-order valence-corrected chi connectivity index (χ2v) is 6.52. The van der Waals surface area contributed by atoms with Gasteiger partial charge in [0.15, 0.2) is 0 Å². The number of rotatable bonds is 5. The third-order valence-corrected chi connectivity index (χ3v) is 4.61. The van der Waals surface area contributed by atoms with Crippen molar-refractivity contribution in [2.75, 3.05) is 18.4 Å². The standard InChI is InChI=1S/C19H24N4O2/c1-15(24)22-10-5-8-17(13-22)19(25)21-18-12-20-23(14-18)11-9-16-6-3-2-4-7-16/h2-4,6-7,12,14,17H,5,8-11,13H2,1H3,(H,21,25)/t17-/m1/s1. The van der Waals surface area contributed by atoms with Crippen molar-refractivity contribution in [1.82, 2.24) is 14.7 Å². The maximum atomic E-state index is 12.4. The summed E-state index contributed by atoms with van der Waals surface area (Å²) in [5.41, 5.74) is 1.97. The number of amides is 2. The average Bonchev–Trinajstić information content (AvgIpc) is 3.08. The van der Waals surface area contributed by atoms with Crippen molar-refractivity contribution in [1.29, 1.82) is 0 Å². The Balaban J connectivity index is 1.52. The van der Waals surface area contributed by atoms with E-state index < -0.39 is 0 Å². The van der Waals surface area contributed by atoms with Crippen LogP contribution in [0.25, 0.3) is 0 Å². The number of carbonyl (C=O) groups excluding carboxylic acids is 2. The third kappa shape index (κ3) is 4.68. The Hall–Kier alpha value is -2.63. The van der Waals surface area contributed by atoms with E-state index in [-0.39, 0.29) is 17.7 Å². The summed E-state index contributed by atoms with van der Waals surface area (Å²) < 4.78 is 1.84. The van der Waals surface area contributed by atoms with Crippen LogP contribution in [-0.2, 0) is 22.6 Å². The lowest BCUT2D eigenvalue weighted by Crippen LogP contribution is -2.42. The lowest BCUT2D eigenvalue weighted by atomic mass is 9.97. The highest BCUT2D eigenvalue weighted by molar-refractivity contribution is 5.92. The molecule has 0 spiro atoms. The minimum atomic E-state index is -0.148. The number of piperidine rings is 1. The van der Waals surface area contributed by atoms with Crippen LogP contribution in [-0.4, -0.2) is 39.6 Å².